The minimum absolute atomic E-state index is 0.370. The number of carbonyl (C=O) groups excluding carboxylic acids is 1. The summed E-state index contributed by atoms with van der Waals surface area (Å²) in [6.45, 7) is 0.493. The van der Waals surface area contributed by atoms with Gasteiger partial charge in [-0.1, -0.05) is 36.3 Å². The number of anilines is 1. The van der Waals surface area contributed by atoms with Crippen molar-refractivity contribution in [3.8, 4) is 11.8 Å². The molecule has 0 bridgehead atoms. The second-order valence-corrected chi connectivity index (χ2v) is 6.50. The third-order valence-corrected chi connectivity index (χ3v) is 4.49. The van der Waals surface area contributed by atoms with Crippen molar-refractivity contribution in [2.24, 2.45) is 0 Å². The second-order valence-electron chi connectivity index (χ2n) is 6.50. The monoisotopic (exact) mass is 397 g/mol. The molecule has 2 aromatic heterocycles. The van der Waals surface area contributed by atoms with Gasteiger partial charge in [0.15, 0.2) is 17.0 Å². The topological polar surface area (TPSA) is 81.9 Å². The van der Waals surface area contributed by atoms with E-state index in [1.54, 1.807) is 25.5 Å². The number of fused-ring (bicyclic) bond motifs is 1. The lowest BCUT2D eigenvalue weighted by Crippen LogP contribution is -2.05. The number of aromatic nitrogens is 4. The molecule has 0 saturated carbocycles. The Balaban J connectivity index is 1.72. The van der Waals surface area contributed by atoms with E-state index in [9.17, 15) is 4.79 Å². The predicted octanol–water partition coefficient (Wildman–Crippen LogP) is 3.10. The van der Waals surface area contributed by atoms with E-state index >= 15 is 0 Å². The highest BCUT2D eigenvalue weighted by atomic mass is 16.5. The summed E-state index contributed by atoms with van der Waals surface area (Å²) in [5, 5.41) is 3.06. The molecule has 4 aromatic rings. The number of methoxy groups -OCH3 is 1. The van der Waals surface area contributed by atoms with Gasteiger partial charge >= 0.3 is 5.97 Å². The van der Waals surface area contributed by atoms with Crippen LogP contribution >= 0.6 is 0 Å². The molecule has 0 aliphatic carbocycles. The van der Waals surface area contributed by atoms with Crippen LogP contribution in [0.5, 0.6) is 0 Å². The first-order valence-corrected chi connectivity index (χ1v) is 9.33. The molecule has 0 atom stereocenters. The maximum Gasteiger partial charge on any atom is 0.337 e. The van der Waals surface area contributed by atoms with Gasteiger partial charge in [-0.2, -0.15) is 0 Å². The van der Waals surface area contributed by atoms with E-state index in [2.05, 4.69) is 32.1 Å². The summed E-state index contributed by atoms with van der Waals surface area (Å²) in [7, 11) is 3.15. The number of imidazole rings is 1. The van der Waals surface area contributed by atoms with Crippen molar-refractivity contribution in [1.29, 1.82) is 0 Å². The molecular formula is C23H19N5O2. The summed E-state index contributed by atoms with van der Waals surface area (Å²) >= 11 is 0. The lowest BCUT2D eigenvalue weighted by atomic mass is 10.1. The average molecular weight is 397 g/mol. The molecule has 30 heavy (non-hydrogen) atoms. The van der Waals surface area contributed by atoms with E-state index in [4.69, 9.17) is 4.74 Å². The van der Waals surface area contributed by atoms with Crippen LogP contribution in [0.25, 0.3) is 11.2 Å². The maximum atomic E-state index is 11.8. The molecule has 0 spiro atoms. The quantitative estimate of drug-likeness (QED) is 0.421. The number of nitrogens with one attached hydrogen (secondary N) is 1. The zero-order chi connectivity index (χ0) is 20.9. The Morgan fingerprint density at radius 3 is 2.70 bits per heavy atom. The van der Waals surface area contributed by atoms with Crippen LogP contribution in [-0.2, 0) is 11.3 Å². The molecular weight excluding hydrogens is 378 g/mol. The van der Waals surface area contributed by atoms with Gasteiger partial charge in [0.2, 0.25) is 5.82 Å². The number of esters is 1. The molecule has 0 amide bonds. The predicted molar refractivity (Wildman–Crippen MR) is 114 cm³/mol. The lowest BCUT2D eigenvalue weighted by Gasteiger charge is -2.07. The van der Waals surface area contributed by atoms with Crippen molar-refractivity contribution in [1.82, 2.24) is 19.5 Å². The molecule has 0 unspecified atom stereocenters. The fourth-order valence-electron chi connectivity index (χ4n) is 3.05. The highest BCUT2D eigenvalue weighted by Crippen LogP contribution is 2.20. The van der Waals surface area contributed by atoms with Crippen LogP contribution in [0.1, 0.15) is 27.3 Å². The van der Waals surface area contributed by atoms with Crippen molar-refractivity contribution >= 4 is 23.0 Å². The molecule has 148 valence electrons. The number of hydrogen-bond acceptors (Lipinski definition) is 6. The van der Waals surface area contributed by atoms with E-state index < -0.39 is 0 Å². The van der Waals surface area contributed by atoms with E-state index in [-0.39, 0.29) is 5.97 Å². The van der Waals surface area contributed by atoms with Gasteiger partial charge in [-0.25, -0.2) is 19.7 Å². The van der Waals surface area contributed by atoms with Crippen LogP contribution in [0.2, 0.25) is 0 Å². The summed E-state index contributed by atoms with van der Waals surface area (Å²) in [6.07, 6.45) is 1.71. The van der Waals surface area contributed by atoms with E-state index in [1.807, 2.05) is 47.0 Å². The first kappa shape index (κ1) is 19.2. The fraction of sp³-hybridized carbons (Fsp3) is 0.130. The largest absolute Gasteiger partial charge is 0.465 e. The van der Waals surface area contributed by atoms with Gasteiger partial charge in [0.25, 0.3) is 0 Å². The molecule has 2 heterocycles. The van der Waals surface area contributed by atoms with Gasteiger partial charge in [0.1, 0.15) is 0 Å². The van der Waals surface area contributed by atoms with Crippen molar-refractivity contribution in [2.45, 2.75) is 6.54 Å². The van der Waals surface area contributed by atoms with Crippen molar-refractivity contribution < 1.29 is 9.53 Å². The van der Waals surface area contributed by atoms with Crippen molar-refractivity contribution in [2.75, 3.05) is 19.5 Å². The van der Waals surface area contributed by atoms with Gasteiger partial charge in [-0.15, -0.1) is 0 Å². The Kier molecular flexibility index (Phi) is 5.39. The Hall–Kier alpha value is -4.18. The smallest absolute Gasteiger partial charge is 0.337 e. The molecule has 7 nitrogen and oxygen atoms in total. The second kappa shape index (κ2) is 8.45. The molecule has 0 aliphatic heterocycles. The Morgan fingerprint density at radius 2 is 1.93 bits per heavy atom. The van der Waals surface area contributed by atoms with Crippen LogP contribution in [0.3, 0.4) is 0 Å². The molecule has 1 N–H and O–H groups in total. The normalized spacial score (nSPS) is 10.3. The third kappa shape index (κ3) is 3.98. The minimum Gasteiger partial charge on any atom is -0.465 e. The number of hydrogen-bond donors (Lipinski definition) is 1. The molecule has 0 aliphatic rings. The summed E-state index contributed by atoms with van der Waals surface area (Å²) in [4.78, 5) is 25.3. The lowest BCUT2D eigenvalue weighted by molar-refractivity contribution is 0.0600. The number of carbonyl (C=O) groups is 1. The molecule has 2 aromatic carbocycles. The Labute approximate surface area is 173 Å². The molecule has 4 rings (SSSR count). The van der Waals surface area contributed by atoms with Crippen LogP contribution in [0, 0.1) is 11.8 Å². The molecule has 0 saturated heterocycles. The van der Waals surface area contributed by atoms with E-state index in [1.165, 1.54) is 7.11 Å². The number of benzene rings is 2. The number of nitrogens with zero attached hydrogens (tertiary/aromatic N) is 4. The zero-order valence-corrected chi connectivity index (χ0v) is 16.6. The van der Waals surface area contributed by atoms with Gasteiger partial charge in [-0.05, 0) is 35.7 Å². The first-order chi connectivity index (χ1) is 14.7. The van der Waals surface area contributed by atoms with Gasteiger partial charge in [0, 0.05) is 12.6 Å². The van der Waals surface area contributed by atoms with Crippen molar-refractivity contribution in [3.05, 3.63) is 83.4 Å². The minimum atomic E-state index is -0.370. The fourth-order valence-corrected chi connectivity index (χ4v) is 3.05. The Bertz CT molecular complexity index is 1270. The van der Waals surface area contributed by atoms with Crippen molar-refractivity contribution in [3.63, 3.8) is 0 Å². The summed E-state index contributed by atoms with van der Waals surface area (Å²) in [5.41, 5.74) is 3.64. The highest BCUT2D eigenvalue weighted by Gasteiger charge is 2.13. The SMILES string of the molecule is CNc1nc(C#Cc2ccccc2)nc2c1ncn2Cc1cccc(C(=O)OC)c1. The van der Waals surface area contributed by atoms with Crippen LogP contribution in [0.15, 0.2) is 60.9 Å². The molecule has 7 heteroatoms. The zero-order valence-electron chi connectivity index (χ0n) is 16.6. The summed E-state index contributed by atoms with van der Waals surface area (Å²) in [5.74, 6) is 6.75. The Morgan fingerprint density at radius 1 is 1.10 bits per heavy atom. The van der Waals surface area contributed by atoms with Crippen LogP contribution < -0.4 is 5.32 Å². The summed E-state index contributed by atoms with van der Waals surface area (Å²) in [6, 6.07) is 17.0. The maximum absolute atomic E-state index is 11.8. The van der Waals surface area contributed by atoms with Crippen LogP contribution in [-0.4, -0.2) is 39.6 Å². The number of rotatable bonds is 4. The van der Waals surface area contributed by atoms with Gasteiger partial charge < -0.3 is 14.6 Å². The van der Waals surface area contributed by atoms with Gasteiger partial charge in [-0.3, -0.25) is 0 Å². The third-order valence-electron chi connectivity index (χ3n) is 4.49. The molecule has 0 radical (unpaired) electrons. The average Bonchev–Trinajstić information content (AvgIpc) is 3.20. The standard InChI is InChI=1S/C23H19N5O2/c1-24-21-20-22(27-19(26-21)12-11-16-7-4-3-5-8-16)28(15-25-20)14-17-9-6-10-18(13-17)23(29)30-2/h3-10,13,15H,14H2,1-2H3,(H,24,26,27). The molecule has 0 fully saturated rings. The highest BCUT2D eigenvalue weighted by molar-refractivity contribution is 5.89. The van der Waals surface area contributed by atoms with Crippen LogP contribution in [0.4, 0.5) is 5.82 Å². The first-order valence-electron chi connectivity index (χ1n) is 9.33. The van der Waals surface area contributed by atoms with Gasteiger partial charge in [0.05, 0.1) is 25.5 Å². The number of ether oxygens (including phenoxy) is 1. The van der Waals surface area contributed by atoms with E-state index in [0.29, 0.717) is 34.9 Å². The summed E-state index contributed by atoms with van der Waals surface area (Å²) < 4.78 is 6.71. The van der Waals surface area contributed by atoms with E-state index in [0.717, 1.165) is 11.1 Å².